The molecule has 1 aliphatic rings. The fourth-order valence-corrected chi connectivity index (χ4v) is 4.91. The zero-order chi connectivity index (χ0) is 26.8. The van der Waals surface area contributed by atoms with Crippen LogP contribution in [-0.2, 0) is 4.74 Å². The number of nitrogens with zero attached hydrogens (tertiary/aromatic N) is 1. The zero-order valence-electron chi connectivity index (χ0n) is 22.4. The normalized spacial score (nSPS) is 12.8. The predicted molar refractivity (Wildman–Crippen MR) is 154 cm³/mol. The first-order valence-electron chi connectivity index (χ1n) is 12.9. The molecule has 0 bridgehead atoms. The van der Waals surface area contributed by atoms with Crippen molar-refractivity contribution in [3.8, 4) is 33.7 Å². The third-order valence-electron chi connectivity index (χ3n) is 6.87. The van der Waals surface area contributed by atoms with E-state index >= 15 is 0 Å². The fraction of sp³-hybridized carbons (Fsp3) is 0.121. The predicted octanol–water partition coefficient (Wildman–Crippen LogP) is 6.36. The number of aromatic nitrogens is 1. The molecule has 5 aromatic rings. The molecule has 0 radical (unpaired) electrons. The average Bonchev–Trinajstić information content (AvgIpc) is 3.74. The van der Waals surface area contributed by atoms with Gasteiger partial charge in [0.2, 0.25) is 0 Å². The molecule has 4 aromatic carbocycles. The van der Waals surface area contributed by atoms with Gasteiger partial charge in [0, 0.05) is 21.7 Å². The first kappa shape index (κ1) is 28.1. The molecule has 6 rings (SSSR count). The molecule has 1 heterocycles. The number of hydrogen-bond donors (Lipinski definition) is 1. The Balaban J connectivity index is 0.00000323. The second-order valence-electron chi connectivity index (χ2n) is 9.55. The summed E-state index contributed by atoms with van der Waals surface area (Å²) in [5, 5.41) is 7.73. The number of hydrogen-bond acceptors (Lipinski definition) is 4. The molecule has 1 saturated carbocycles. The maximum atomic E-state index is 13.0. The molecule has 194 valence electrons. The van der Waals surface area contributed by atoms with Crippen LogP contribution in [0.3, 0.4) is 0 Å². The van der Waals surface area contributed by atoms with Crippen LogP contribution in [0.25, 0.3) is 33.7 Å². The summed E-state index contributed by atoms with van der Waals surface area (Å²) >= 11 is 6.30. The number of benzene rings is 4. The van der Waals surface area contributed by atoms with E-state index in [4.69, 9.17) is 20.9 Å². The Hall–Kier alpha value is -3.48. The van der Waals surface area contributed by atoms with Gasteiger partial charge in [-0.25, -0.2) is 4.79 Å². The van der Waals surface area contributed by atoms with E-state index in [0.717, 1.165) is 27.8 Å². The molecule has 1 fully saturated rings. The minimum Gasteiger partial charge on any atom is -0.441 e. The molecule has 5 nitrogen and oxygen atoms in total. The Bertz CT molecular complexity index is 1600. The van der Waals surface area contributed by atoms with Crippen molar-refractivity contribution in [2.45, 2.75) is 25.9 Å². The average molecular weight is 557 g/mol. The fourth-order valence-electron chi connectivity index (χ4n) is 4.62. The molecule has 0 saturated heterocycles. The molecule has 40 heavy (non-hydrogen) atoms. The first-order valence-corrected chi connectivity index (χ1v) is 13.3. The van der Waals surface area contributed by atoms with Gasteiger partial charge in [-0.15, -0.1) is 12.1 Å². The van der Waals surface area contributed by atoms with Gasteiger partial charge < -0.3 is 9.26 Å². The van der Waals surface area contributed by atoms with E-state index < -0.39 is 12.2 Å². The van der Waals surface area contributed by atoms with Crippen molar-refractivity contribution in [3.05, 3.63) is 125 Å². The van der Waals surface area contributed by atoms with Crippen molar-refractivity contribution < 1.29 is 43.6 Å². The molecule has 0 spiro atoms. The van der Waals surface area contributed by atoms with Crippen LogP contribution in [0.4, 0.5) is 10.5 Å². The largest absolute Gasteiger partial charge is 1.00 e. The number of anilines is 1. The minimum absolute atomic E-state index is 0. The Morgan fingerprint density at radius 2 is 1.45 bits per heavy atom. The van der Waals surface area contributed by atoms with Gasteiger partial charge in [-0.05, 0) is 24.1 Å². The van der Waals surface area contributed by atoms with Crippen LogP contribution in [-0.4, -0.2) is 11.2 Å². The third-order valence-corrected chi connectivity index (χ3v) is 7.21. The summed E-state index contributed by atoms with van der Waals surface area (Å²) in [5.74, 6) is 1.97. The second-order valence-corrected chi connectivity index (χ2v) is 9.96. The van der Waals surface area contributed by atoms with Crippen molar-refractivity contribution >= 4 is 23.4 Å². The van der Waals surface area contributed by atoms with Crippen LogP contribution in [0, 0.1) is 5.92 Å². The Morgan fingerprint density at radius 1 is 0.850 bits per heavy atom. The summed E-state index contributed by atoms with van der Waals surface area (Å²) in [5.41, 5.74) is 6.85. The third kappa shape index (κ3) is 6.13. The SMILES string of the molecule is C[C@@H](OC(=O)Nc1c(-c2ccccc2)noc1-c1ccc(-c2ccc([C-]3CC3)cc2)cc1)c1ccccc1Cl.[Na+]. The van der Waals surface area contributed by atoms with Gasteiger partial charge in [0.05, 0.1) is 0 Å². The summed E-state index contributed by atoms with van der Waals surface area (Å²) in [6.45, 7) is 1.78. The Morgan fingerprint density at radius 3 is 2.10 bits per heavy atom. The van der Waals surface area contributed by atoms with Gasteiger partial charge in [0.25, 0.3) is 0 Å². The molecule has 7 heteroatoms. The van der Waals surface area contributed by atoms with Crippen molar-refractivity contribution in [1.29, 1.82) is 0 Å². The van der Waals surface area contributed by atoms with Crippen molar-refractivity contribution in [3.63, 3.8) is 0 Å². The number of rotatable bonds is 7. The van der Waals surface area contributed by atoms with Crippen LogP contribution in [0.15, 0.2) is 108 Å². The topological polar surface area (TPSA) is 64.4 Å². The van der Waals surface area contributed by atoms with Gasteiger partial charge in [-0.1, -0.05) is 102 Å². The van der Waals surface area contributed by atoms with Crippen molar-refractivity contribution in [2.24, 2.45) is 0 Å². The van der Waals surface area contributed by atoms with Crippen LogP contribution in [0.2, 0.25) is 5.02 Å². The number of nitrogens with one attached hydrogen (secondary N) is 1. The van der Waals surface area contributed by atoms with Crippen LogP contribution in [0.1, 0.15) is 37.0 Å². The molecular weight excluding hydrogens is 531 g/mol. The summed E-state index contributed by atoms with van der Waals surface area (Å²) < 4.78 is 11.5. The van der Waals surface area contributed by atoms with E-state index in [1.54, 1.807) is 13.0 Å². The molecule has 1 amide bonds. The first-order chi connectivity index (χ1) is 19.1. The number of amides is 1. The number of carbonyl (C=O) groups excluding carboxylic acids is 1. The van der Waals surface area contributed by atoms with Crippen molar-refractivity contribution in [2.75, 3.05) is 5.32 Å². The maximum Gasteiger partial charge on any atom is 1.00 e. The van der Waals surface area contributed by atoms with Gasteiger partial charge in [0.15, 0.2) is 5.76 Å². The maximum absolute atomic E-state index is 13.0. The van der Waals surface area contributed by atoms with Gasteiger partial charge in [-0.2, -0.15) is 23.6 Å². The molecule has 0 aliphatic heterocycles. The molecular formula is C33H26ClN2NaO3. The Kier molecular flexibility index (Phi) is 8.67. The van der Waals surface area contributed by atoms with E-state index in [-0.39, 0.29) is 29.6 Å². The summed E-state index contributed by atoms with van der Waals surface area (Å²) in [7, 11) is 0. The molecule has 1 aliphatic carbocycles. The number of halogens is 1. The van der Waals surface area contributed by atoms with Crippen LogP contribution in [0.5, 0.6) is 0 Å². The van der Waals surface area contributed by atoms with E-state index in [1.165, 1.54) is 24.3 Å². The number of carbonyl (C=O) groups is 1. The van der Waals surface area contributed by atoms with E-state index in [1.807, 2.05) is 72.8 Å². The quantitative estimate of drug-likeness (QED) is 0.187. The van der Waals surface area contributed by atoms with E-state index in [9.17, 15) is 4.79 Å². The van der Waals surface area contributed by atoms with Gasteiger partial charge in [0.1, 0.15) is 17.5 Å². The smallest absolute Gasteiger partial charge is 0.441 e. The van der Waals surface area contributed by atoms with Gasteiger partial charge in [-0.3, -0.25) is 5.32 Å². The number of ether oxygens (including phenoxy) is 1. The van der Waals surface area contributed by atoms with Gasteiger partial charge >= 0.3 is 35.7 Å². The van der Waals surface area contributed by atoms with Crippen molar-refractivity contribution in [1.82, 2.24) is 5.16 Å². The molecule has 1 N–H and O–H groups in total. The molecule has 1 aromatic heterocycles. The summed E-state index contributed by atoms with van der Waals surface area (Å²) in [6.07, 6.45) is 1.23. The van der Waals surface area contributed by atoms with E-state index in [0.29, 0.717) is 22.2 Å². The zero-order valence-corrected chi connectivity index (χ0v) is 25.1. The summed E-state index contributed by atoms with van der Waals surface area (Å²) in [4.78, 5) is 13.0. The second kappa shape index (κ2) is 12.4. The van der Waals surface area contributed by atoms with E-state index in [2.05, 4.69) is 34.7 Å². The monoisotopic (exact) mass is 556 g/mol. The minimum atomic E-state index is -0.630. The Labute approximate surface area is 260 Å². The molecule has 1 atom stereocenters. The standard InChI is InChI=1S/C33H26ClN2O3.Na/c1-21(28-9-5-6-10-29(28)34)38-33(37)35-31-30(26-7-3-2-4-8-26)36-39-32(31)27-19-17-25(18-20-27)24-15-13-23(14-16-24)22-11-12-22;/h2-10,13-21H,11-12H2,1H3,(H,35,37);/q-1;+1/t21-;/m1./s1. The van der Waals surface area contributed by atoms with Crippen LogP contribution < -0.4 is 34.9 Å². The van der Waals surface area contributed by atoms with Crippen LogP contribution >= 0.6 is 11.6 Å². The summed E-state index contributed by atoms with van der Waals surface area (Å²) in [6, 6.07) is 33.6. The molecule has 0 unspecified atom stereocenters.